The van der Waals surface area contributed by atoms with Gasteiger partial charge in [-0.2, -0.15) is 0 Å². The third-order valence-corrected chi connectivity index (χ3v) is 8.87. The molecule has 0 unspecified atom stereocenters. The highest BCUT2D eigenvalue weighted by Gasteiger charge is 2.65. The number of halogens is 1. The van der Waals surface area contributed by atoms with Crippen LogP contribution in [0.15, 0.2) is 100 Å². The number of carbonyl (C=O) groups excluding carboxylic acids is 2. The minimum Gasteiger partial charge on any atom is -0.505 e. The lowest BCUT2D eigenvalue weighted by molar-refractivity contribution is -0.129. The Morgan fingerprint density at radius 3 is 2.20 bits per heavy atom. The van der Waals surface area contributed by atoms with E-state index in [4.69, 9.17) is 0 Å². The largest absolute Gasteiger partial charge is 0.505 e. The molecule has 0 spiro atoms. The van der Waals surface area contributed by atoms with Crippen molar-refractivity contribution in [2.75, 3.05) is 4.90 Å². The van der Waals surface area contributed by atoms with Gasteiger partial charge in [0.25, 0.3) is 0 Å². The number of benzene rings is 3. The number of fused-ring (bicyclic) bond motifs is 4. The van der Waals surface area contributed by atoms with Crippen molar-refractivity contribution in [3.8, 4) is 11.4 Å². The predicted molar refractivity (Wildman–Crippen MR) is 147 cm³/mol. The molecule has 3 aliphatic rings. The lowest BCUT2D eigenvalue weighted by atomic mass is 9.56. The van der Waals surface area contributed by atoms with Crippen molar-refractivity contribution in [1.29, 1.82) is 0 Å². The third-order valence-electron chi connectivity index (χ3n) is 8.87. The maximum Gasteiger partial charge on any atom is 0.352 e. The number of allylic oxidation sites excluding steroid dienone is 2. The highest BCUT2D eigenvalue weighted by atomic mass is 19.1. The number of hydrogen-bond donors (Lipinski definition) is 1. The molecule has 41 heavy (non-hydrogen) atoms. The van der Waals surface area contributed by atoms with Crippen molar-refractivity contribution < 1.29 is 19.1 Å². The van der Waals surface area contributed by atoms with E-state index < -0.39 is 58.1 Å². The summed E-state index contributed by atoms with van der Waals surface area (Å²) in [5, 5.41) is 9.91. The number of hydrogen-bond acceptors (Lipinski definition) is 5. The van der Waals surface area contributed by atoms with Crippen LogP contribution in [0.4, 0.5) is 10.1 Å². The first-order valence-corrected chi connectivity index (χ1v) is 13.3. The van der Waals surface area contributed by atoms with Gasteiger partial charge < -0.3 is 5.11 Å². The topological polar surface area (TPSA) is 107 Å². The molecule has 1 aromatic heterocycles. The minimum absolute atomic E-state index is 0.0576. The summed E-state index contributed by atoms with van der Waals surface area (Å²) >= 11 is 0. The molecule has 3 heterocycles. The normalized spacial score (nSPS) is 25.0. The van der Waals surface area contributed by atoms with Crippen molar-refractivity contribution >= 4 is 17.5 Å². The molecule has 1 N–H and O–H groups in total. The van der Waals surface area contributed by atoms with E-state index in [0.29, 0.717) is 22.5 Å². The van der Waals surface area contributed by atoms with Gasteiger partial charge >= 0.3 is 11.4 Å². The molecule has 1 saturated carbocycles. The lowest BCUT2D eigenvalue weighted by Gasteiger charge is -2.47. The summed E-state index contributed by atoms with van der Waals surface area (Å²) in [6.45, 7) is 1.77. The molecule has 9 nitrogen and oxygen atoms in total. The molecule has 206 valence electrons. The SMILES string of the molecule is C[C@@]12C(=O)N(c3ccccc3)C(=O)[C@@H]1C[C@@H]1C(=CCn3c(=O)n(-c4ccccc4)c(=O)n31)[C@@H]2c1ccc(O)c(F)c1. The second kappa shape index (κ2) is 8.76. The average Bonchev–Trinajstić information content (AvgIpc) is 3.35. The Bertz CT molecular complexity index is 1890. The molecule has 2 fully saturated rings. The molecule has 1 aliphatic carbocycles. The number of rotatable bonds is 3. The predicted octanol–water partition coefficient (Wildman–Crippen LogP) is 3.51. The minimum atomic E-state index is -1.31. The number of anilines is 1. The zero-order chi connectivity index (χ0) is 28.6. The van der Waals surface area contributed by atoms with E-state index in [1.54, 1.807) is 73.7 Å². The Labute approximate surface area is 233 Å². The van der Waals surface area contributed by atoms with Gasteiger partial charge in [-0.25, -0.2) is 32.8 Å². The summed E-state index contributed by atoms with van der Waals surface area (Å²) in [6, 6.07) is 20.4. The van der Waals surface area contributed by atoms with Crippen LogP contribution < -0.4 is 16.3 Å². The number of aromatic hydroxyl groups is 1. The number of nitrogens with zero attached hydrogens (tertiary/aromatic N) is 4. The first kappa shape index (κ1) is 25.0. The van der Waals surface area contributed by atoms with Gasteiger partial charge in [0.05, 0.1) is 35.3 Å². The number of para-hydroxylation sites is 2. The van der Waals surface area contributed by atoms with Gasteiger partial charge in [0.2, 0.25) is 11.8 Å². The maximum atomic E-state index is 14.8. The monoisotopic (exact) mass is 552 g/mol. The summed E-state index contributed by atoms with van der Waals surface area (Å²) in [5.74, 6) is -3.90. The number of aromatic nitrogens is 3. The number of carbonyl (C=O) groups is 2. The zero-order valence-corrected chi connectivity index (χ0v) is 22.0. The van der Waals surface area contributed by atoms with Gasteiger partial charge in [0.1, 0.15) is 0 Å². The fourth-order valence-corrected chi connectivity index (χ4v) is 6.98. The molecule has 0 radical (unpaired) electrons. The standard InChI is InChI=1S/C31H25FN4O5/c1-31-22(27(38)34(28(31)39)19-8-4-2-5-9-19)17-24-21(26(31)18-12-13-25(37)23(32)16-18)14-15-33-29(40)35(30(41)36(24)33)20-10-6-3-7-11-20/h2-14,16,22,24,26,37H,15,17H2,1H3/t22-,24+,26-,31+/m0/s1. The van der Waals surface area contributed by atoms with Gasteiger partial charge in [-0.1, -0.05) is 48.5 Å². The van der Waals surface area contributed by atoms with E-state index in [1.165, 1.54) is 32.5 Å². The van der Waals surface area contributed by atoms with Crippen LogP contribution in [0, 0.1) is 17.2 Å². The Hall–Kier alpha value is -4.99. The third kappa shape index (κ3) is 3.33. The van der Waals surface area contributed by atoms with Crippen LogP contribution in [0.2, 0.25) is 0 Å². The molecule has 7 rings (SSSR count). The van der Waals surface area contributed by atoms with Gasteiger partial charge in [0, 0.05) is 5.92 Å². The quantitative estimate of drug-likeness (QED) is 0.309. The van der Waals surface area contributed by atoms with Crippen LogP contribution >= 0.6 is 0 Å². The van der Waals surface area contributed by atoms with Crippen molar-refractivity contribution in [2.24, 2.45) is 11.3 Å². The van der Waals surface area contributed by atoms with Gasteiger partial charge in [0.15, 0.2) is 11.6 Å². The van der Waals surface area contributed by atoms with Gasteiger partial charge in [-0.3, -0.25) is 9.59 Å². The molecular weight excluding hydrogens is 527 g/mol. The van der Waals surface area contributed by atoms with Gasteiger partial charge in [-0.15, -0.1) is 0 Å². The zero-order valence-electron chi connectivity index (χ0n) is 22.0. The first-order chi connectivity index (χ1) is 19.7. The average molecular weight is 553 g/mol. The van der Waals surface area contributed by atoms with E-state index in [1.807, 2.05) is 0 Å². The van der Waals surface area contributed by atoms with E-state index in [9.17, 15) is 28.7 Å². The second-order valence-electron chi connectivity index (χ2n) is 10.9. The molecule has 10 heteroatoms. The molecule has 2 aliphatic heterocycles. The fraction of sp³-hybridized carbons (Fsp3) is 0.226. The van der Waals surface area contributed by atoms with Crippen LogP contribution in [-0.4, -0.2) is 30.9 Å². The van der Waals surface area contributed by atoms with Crippen LogP contribution in [0.1, 0.15) is 30.9 Å². The van der Waals surface area contributed by atoms with E-state index in [-0.39, 0.29) is 13.0 Å². The molecule has 0 bridgehead atoms. The highest BCUT2D eigenvalue weighted by Crippen LogP contribution is 2.61. The van der Waals surface area contributed by atoms with Crippen molar-refractivity contribution in [3.05, 3.63) is 123 Å². The fourth-order valence-electron chi connectivity index (χ4n) is 6.98. The molecular formula is C31H25FN4O5. The van der Waals surface area contributed by atoms with E-state index >= 15 is 0 Å². The van der Waals surface area contributed by atoms with Crippen molar-refractivity contribution in [2.45, 2.75) is 31.8 Å². The van der Waals surface area contributed by atoms with Crippen molar-refractivity contribution in [3.63, 3.8) is 0 Å². The smallest absolute Gasteiger partial charge is 0.352 e. The van der Waals surface area contributed by atoms with Crippen molar-refractivity contribution in [1.82, 2.24) is 13.9 Å². The Morgan fingerprint density at radius 1 is 0.878 bits per heavy atom. The van der Waals surface area contributed by atoms with Gasteiger partial charge in [-0.05, 0) is 60.9 Å². The summed E-state index contributed by atoms with van der Waals surface area (Å²) < 4.78 is 18.6. The molecule has 4 aromatic rings. The molecule has 3 aromatic carbocycles. The summed E-state index contributed by atoms with van der Waals surface area (Å²) in [5.41, 5.74) is -0.506. The summed E-state index contributed by atoms with van der Waals surface area (Å²) in [7, 11) is 0. The Morgan fingerprint density at radius 2 is 1.54 bits per heavy atom. The van der Waals surface area contributed by atoms with E-state index in [2.05, 4.69) is 0 Å². The maximum absolute atomic E-state index is 14.8. The molecule has 2 amide bonds. The highest BCUT2D eigenvalue weighted by molar-refractivity contribution is 6.24. The molecule has 4 atom stereocenters. The Kier molecular flexibility index (Phi) is 5.34. The number of amides is 2. The number of phenolic OH excluding ortho intramolecular Hbond substituents is 1. The number of phenols is 1. The van der Waals surface area contributed by atoms with Crippen LogP contribution in [0.3, 0.4) is 0 Å². The van der Waals surface area contributed by atoms with Crippen LogP contribution in [0.25, 0.3) is 5.69 Å². The Balaban J connectivity index is 1.45. The summed E-state index contributed by atoms with van der Waals surface area (Å²) in [6.07, 6.45) is 1.91. The first-order valence-electron chi connectivity index (χ1n) is 13.3. The van der Waals surface area contributed by atoms with Crippen LogP contribution in [-0.2, 0) is 16.1 Å². The van der Waals surface area contributed by atoms with Crippen LogP contribution in [0.5, 0.6) is 5.75 Å². The van der Waals surface area contributed by atoms with E-state index in [0.717, 1.165) is 4.57 Å². The molecule has 1 saturated heterocycles. The summed E-state index contributed by atoms with van der Waals surface area (Å²) in [4.78, 5) is 56.8. The number of imide groups is 1. The second-order valence-corrected chi connectivity index (χ2v) is 10.9. The lowest BCUT2D eigenvalue weighted by Crippen LogP contribution is -2.49.